The Bertz CT molecular complexity index is 2110. The van der Waals surface area contributed by atoms with Crippen molar-refractivity contribution in [2.24, 2.45) is 0 Å². The molecule has 1 aliphatic heterocycles. The first-order valence-corrected chi connectivity index (χ1v) is 17.2. The second-order valence-corrected chi connectivity index (χ2v) is 12.7. The normalized spacial score (nSPS) is 13.3. The van der Waals surface area contributed by atoms with Crippen molar-refractivity contribution in [1.29, 1.82) is 0 Å². The van der Waals surface area contributed by atoms with Crippen molar-refractivity contribution < 1.29 is 23.4 Å². The topological polar surface area (TPSA) is 98.7 Å². The van der Waals surface area contributed by atoms with Gasteiger partial charge < -0.3 is 24.4 Å². The van der Waals surface area contributed by atoms with Gasteiger partial charge in [-0.15, -0.1) is 0 Å². The van der Waals surface area contributed by atoms with Crippen LogP contribution in [0.15, 0.2) is 97.2 Å². The van der Waals surface area contributed by atoms with Gasteiger partial charge in [0.2, 0.25) is 0 Å². The number of ether oxygens (including phenoxy) is 3. The average Bonchev–Trinajstić information content (AvgIpc) is 3.14. The Hall–Kier alpha value is -5.26. The number of pyridine rings is 1. The fourth-order valence-electron chi connectivity index (χ4n) is 5.79. The van der Waals surface area contributed by atoms with Crippen LogP contribution >= 0.6 is 11.8 Å². The quantitative estimate of drug-likeness (QED) is 0.138. The van der Waals surface area contributed by atoms with Gasteiger partial charge in [-0.3, -0.25) is 4.79 Å². The Labute approximate surface area is 287 Å². The molecule has 4 aromatic carbocycles. The van der Waals surface area contributed by atoms with Crippen molar-refractivity contribution in [1.82, 2.24) is 20.1 Å². The number of thioether (sulfide) groups is 1. The molecule has 0 bridgehead atoms. The molecule has 0 atom stereocenters. The second kappa shape index (κ2) is 14.9. The van der Waals surface area contributed by atoms with Crippen LogP contribution in [0.1, 0.15) is 16.8 Å². The van der Waals surface area contributed by atoms with E-state index in [2.05, 4.69) is 20.4 Å². The minimum absolute atomic E-state index is 0.0385. The highest BCUT2D eigenvalue weighted by molar-refractivity contribution is 7.99. The van der Waals surface area contributed by atoms with Crippen LogP contribution in [0.25, 0.3) is 33.1 Å². The Morgan fingerprint density at radius 3 is 2.51 bits per heavy atom. The van der Waals surface area contributed by atoms with Crippen LogP contribution in [0, 0.1) is 5.82 Å². The largest absolute Gasteiger partial charge is 0.493 e. The lowest BCUT2D eigenvalue weighted by Gasteiger charge is -2.25. The maximum Gasteiger partial charge on any atom is 0.256 e. The van der Waals surface area contributed by atoms with Gasteiger partial charge in [-0.25, -0.2) is 9.37 Å². The number of para-hydroxylation sites is 1. The van der Waals surface area contributed by atoms with E-state index >= 15 is 4.39 Å². The third-order valence-corrected chi connectivity index (χ3v) is 9.25. The number of nitrogens with zero attached hydrogens (tertiary/aromatic N) is 4. The number of carbonyl (C=O) groups is 1. The summed E-state index contributed by atoms with van der Waals surface area (Å²) in [5.41, 5.74) is 3.46. The van der Waals surface area contributed by atoms with Crippen LogP contribution in [0.4, 0.5) is 10.1 Å². The van der Waals surface area contributed by atoms with Crippen LogP contribution in [-0.2, 0) is 0 Å². The molecule has 2 aromatic heterocycles. The minimum Gasteiger partial charge on any atom is -0.493 e. The minimum atomic E-state index is -0.661. The summed E-state index contributed by atoms with van der Waals surface area (Å²) in [6, 6.07) is 26.6. The van der Waals surface area contributed by atoms with Gasteiger partial charge >= 0.3 is 0 Å². The van der Waals surface area contributed by atoms with E-state index in [4.69, 9.17) is 19.2 Å². The van der Waals surface area contributed by atoms with Gasteiger partial charge in [0.25, 0.3) is 5.91 Å². The van der Waals surface area contributed by atoms with Gasteiger partial charge in [-0.2, -0.15) is 22.0 Å². The van der Waals surface area contributed by atoms with Crippen molar-refractivity contribution in [2.45, 2.75) is 6.42 Å². The zero-order chi connectivity index (χ0) is 33.6. The van der Waals surface area contributed by atoms with E-state index in [-0.39, 0.29) is 17.3 Å². The number of methoxy groups -OCH3 is 1. The van der Waals surface area contributed by atoms with E-state index in [1.54, 1.807) is 31.4 Å². The number of benzene rings is 4. The second-order valence-electron chi connectivity index (χ2n) is 11.5. The Balaban J connectivity index is 1.07. The summed E-state index contributed by atoms with van der Waals surface area (Å²) in [7, 11) is 1.57. The highest BCUT2D eigenvalue weighted by Gasteiger charge is 2.18. The molecule has 6 aromatic rings. The molecule has 7 rings (SSSR count). The number of carbonyl (C=O) groups excluding carboxylic acids is 1. The summed E-state index contributed by atoms with van der Waals surface area (Å²) in [5, 5.41) is 12.4. The Morgan fingerprint density at radius 2 is 1.69 bits per heavy atom. The standard InChI is InChI=1S/C38H34FN5O4S/c1-46-35-22-29-33(23-36(35)47-17-7-14-44-15-18-49-19-16-44)43-40-24-37(29)48-34-13-12-26(20-30(34)39)41-38(45)28-21-32(25-8-3-2-4-9-25)42-31-11-6-5-10-27(28)31/h2-6,8-13,20-24H,7,14-19H2,1H3,(H,41,45). The Kier molecular flexibility index (Phi) is 9.81. The Morgan fingerprint density at radius 1 is 0.878 bits per heavy atom. The zero-order valence-corrected chi connectivity index (χ0v) is 27.7. The average molecular weight is 676 g/mol. The lowest BCUT2D eigenvalue weighted by molar-refractivity contribution is 0.102. The van der Waals surface area contributed by atoms with E-state index < -0.39 is 5.82 Å². The summed E-state index contributed by atoms with van der Waals surface area (Å²) >= 11 is 1.99. The number of rotatable bonds is 11. The first kappa shape index (κ1) is 32.3. The van der Waals surface area contributed by atoms with E-state index in [9.17, 15) is 4.79 Å². The summed E-state index contributed by atoms with van der Waals surface area (Å²) in [6.07, 6.45) is 2.32. The van der Waals surface area contributed by atoms with E-state index in [0.717, 1.165) is 31.6 Å². The van der Waals surface area contributed by atoms with Gasteiger partial charge in [-0.1, -0.05) is 48.5 Å². The van der Waals surface area contributed by atoms with Crippen molar-refractivity contribution in [3.8, 4) is 34.3 Å². The number of fused-ring (bicyclic) bond motifs is 2. The van der Waals surface area contributed by atoms with Crippen LogP contribution in [-0.4, -0.2) is 70.8 Å². The van der Waals surface area contributed by atoms with Gasteiger partial charge in [-0.05, 0) is 36.8 Å². The number of amides is 1. The molecule has 0 saturated carbocycles. The van der Waals surface area contributed by atoms with E-state index in [1.165, 1.54) is 29.8 Å². The maximum atomic E-state index is 15.5. The maximum absolute atomic E-state index is 15.5. The number of aromatic nitrogens is 3. The fourth-order valence-corrected chi connectivity index (χ4v) is 6.77. The number of anilines is 1. The molecule has 248 valence electrons. The SMILES string of the molecule is COc1cc2c(Oc3ccc(NC(=O)c4cc(-c5ccccc5)nc5ccccc45)cc3F)cnnc2cc1OCCCN1CCSCC1. The number of hydrogen-bond acceptors (Lipinski definition) is 9. The predicted molar refractivity (Wildman–Crippen MR) is 192 cm³/mol. The molecule has 1 amide bonds. The molecule has 0 aliphatic carbocycles. The third-order valence-electron chi connectivity index (χ3n) is 8.31. The van der Waals surface area contributed by atoms with Crippen molar-refractivity contribution in [3.63, 3.8) is 0 Å². The number of hydrogen-bond donors (Lipinski definition) is 1. The molecular formula is C38H34FN5O4S. The molecule has 1 N–H and O–H groups in total. The summed E-state index contributed by atoms with van der Waals surface area (Å²) in [4.78, 5) is 20.8. The molecule has 1 saturated heterocycles. The van der Waals surface area contributed by atoms with Crippen molar-refractivity contribution in [2.75, 3.05) is 50.2 Å². The van der Waals surface area contributed by atoms with Crippen molar-refractivity contribution >= 4 is 45.2 Å². The molecule has 0 radical (unpaired) electrons. The molecule has 1 aliphatic rings. The highest BCUT2D eigenvalue weighted by Crippen LogP contribution is 2.37. The molecule has 1 fully saturated rings. The van der Waals surface area contributed by atoms with Crippen LogP contribution in [0.5, 0.6) is 23.0 Å². The fraction of sp³-hybridized carbons (Fsp3) is 0.211. The van der Waals surface area contributed by atoms with Gasteiger partial charge in [0.05, 0.1) is 42.1 Å². The number of nitrogens with one attached hydrogen (secondary N) is 1. The molecule has 11 heteroatoms. The summed E-state index contributed by atoms with van der Waals surface area (Å²) in [6.45, 7) is 3.74. The molecule has 9 nitrogen and oxygen atoms in total. The number of halogens is 1. The predicted octanol–water partition coefficient (Wildman–Crippen LogP) is 7.86. The lowest BCUT2D eigenvalue weighted by atomic mass is 10.0. The first-order chi connectivity index (χ1) is 24.1. The monoisotopic (exact) mass is 675 g/mol. The third kappa shape index (κ3) is 7.43. The zero-order valence-electron chi connectivity index (χ0n) is 26.9. The van der Waals surface area contributed by atoms with Crippen LogP contribution in [0.3, 0.4) is 0 Å². The van der Waals surface area contributed by atoms with Gasteiger partial charge in [0, 0.05) is 59.9 Å². The van der Waals surface area contributed by atoms with Crippen LogP contribution < -0.4 is 19.5 Å². The molecule has 0 unspecified atom stereocenters. The molecular weight excluding hydrogens is 642 g/mol. The smallest absolute Gasteiger partial charge is 0.256 e. The highest BCUT2D eigenvalue weighted by atomic mass is 32.2. The van der Waals surface area contributed by atoms with Gasteiger partial charge in [0.15, 0.2) is 28.8 Å². The van der Waals surface area contributed by atoms with Gasteiger partial charge in [0.1, 0.15) is 5.52 Å². The lowest BCUT2D eigenvalue weighted by Crippen LogP contribution is -2.33. The van der Waals surface area contributed by atoms with Crippen molar-refractivity contribution in [3.05, 3.63) is 109 Å². The first-order valence-electron chi connectivity index (χ1n) is 16.1. The van der Waals surface area contributed by atoms with E-state index in [1.807, 2.05) is 66.4 Å². The van der Waals surface area contributed by atoms with Crippen LogP contribution in [0.2, 0.25) is 0 Å². The summed E-state index contributed by atoms with van der Waals surface area (Å²) < 4.78 is 33.2. The summed E-state index contributed by atoms with van der Waals surface area (Å²) in [5.74, 6) is 2.63. The molecule has 49 heavy (non-hydrogen) atoms. The molecule has 0 spiro atoms. The molecule has 3 heterocycles. The van der Waals surface area contributed by atoms with E-state index in [0.29, 0.717) is 56.9 Å².